The lowest BCUT2D eigenvalue weighted by molar-refractivity contribution is 0.492. The Morgan fingerprint density at radius 1 is 1.35 bits per heavy atom. The maximum absolute atomic E-state index is 5.87. The Morgan fingerprint density at radius 2 is 2.06 bits per heavy atom. The lowest BCUT2D eigenvalue weighted by Crippen LogP contribution is -2.21. The van der Waals surface area contributed by atoms with Crippen molar-refractivity contribution in [2.45, 2.75) is 32.7 Å². The fourth-order valence-electron chi connectivity index (χ4n) is 1.89. The van der Waals surface area contributed by atoms with Gasteiger partial charge in [0.1, 0.15) is 12.4 Å². The number of aromatic nitrogens is 5. The minimum absolute atomic E-state index is 0.0846. The predicted molar refractivity (Wildman–Crippen MR) is 65.4 cm³/mol. The summed E-state index contributed by atoms with van der Waals surface area (Å²) < 4.78 is 3.78. The van der Waals surface area contributed by atoms with Gasteiger partial charge in [-0.05, 0) is 0 Å². The first-order valence-corrected chi connectivity index (χ1v) is 5.55. The van der Waals surface area contributed by atoms with Crippen molar-refractivity contribution in [2.75, 3.05) is 5.73 Å². The fourth-order valence-corrected chi connectivity index (χ4v) is 1.89. The third-order valence-corrected chi connectivity index (χ3v) is 2.68. The number of nitrogen functional groups attached to an aromatic ring is 1. The van der Waals surface area contributed by atoms with E-state index in [4.69, 9.17) is 5.73 Å². The molecule has 2 rings (SSSR count). The average molecular weight is 234 g/mol. The van der Waals surface area contributed by atoms with Crippen LogP contribution in [0.1, 0.15) is 32.3 Å². The zero-order chi connectivity index (χ0) is 12.6. The number of imidazole rings is 1. The largest absolute Gasteiger partial charge is 0.381 e. The van der Waals surface area contributed by atoms with Gasteiger partial charge in [0.05, 0.1) is 5.69 Å². The van der Waals surface area contributed by atoms with Crippen LogP contribution in [0.25, 0.3) is 0 Å². The quantitative estimate of drug-likeness (QED) is 0.839. The Labute approximate surface area is 100 Å². The van der Waals surface area contributed by atoms with Crippen LogP contribution in [-0.4, -0.2) is 24.5 Å². The van der Waals surface area contributed by atoms with E-state index in [9.17, 15) is 0 Å². The van der Waals surface area contributed by atoms with E-state index >= 15 is 0 Å². The van der Waals surface area contributed by atoms with Crippen LogP contribution >= 0.6 is 0 Å². The first-order valence-electron chi connectivity index (χ1n) is 5.55. The molecule has 0 amide bonds. The summed E-state index contributed by atoms with van der Waals surface area (Å²) in [6.07, 6.45) is 3.68. The molecule has 0 aliphatic heterocycles. The molecule has 0 fully saturated rings. The maximum atomic E-state index is 5.87. The second-order valence-electron chi connectivity index (χ2n) is 5.19. The van der Waals surface area contributed by atoms with Crippen LogP contribution in [0.2, 0.25) is 0 Å². The van der Waals surface area contributed by atoms with Gasteiger partial charge < -0.3 is 10.3 Å². The molecule has 0 aromatic carbocycles. The van der Waals surface area contributed by atoms with E-state index in [1.165, 1.54) is 0 Å². The van der Waals surface area contributed by atoms with E-state index < -0.39 is 0 Å². The van der Waals surface area contributed by atoms with Gasteiger partial charge in [-0.3, -0.25) is 0 Å². The molecule has 0 aliphatic rings. The van der Waals surface area contributed by atoms with Crippen LogP contribution in [0.4, 0.5) is 5.82 Å². The number of hydrogen-bond donors (Lipinski definition) is 1. The zero-order valence-corrected chi connectivity index (χ0v) is 10.7. The molecule has 0 saturated carbocycles. The molecule has 6 heteroatoms. The molecular weight excluding hydrogens is 216 g/mol. The molecule has 2 aromatic heterocycles. The standard InChI is InChI=1S/C11H18N6/c1-11(2,3)9-10(12)14-15-17(9)7-8-13-5-6-16(8)4/h5-6H,7,12H2,1-4H3. The Hall–Kier alpha value is -1.85. The van der Waals surface area contributed by atoms with Gasteiger partial charge in [0.25, 0.3) is 0 Å². The normalized spacial score (nSPS) is 12.0. The molecule has 0 saturated heterocycles. The summed E-state index contributed by atoms with van der Waals surface area (Å²) in [5, 5.41) is 8.03. The molecule has 17 heavy (non-hydrogen) atoms. The van der Waals surface area contributed by atoms with Gasteiger partial charge in [0.15, 0.2) is 5.82 Å². The van der Waals surface area contributed by atoms with Crippen LogP contribution < -0.4 is 5.73 Å². The van der Waals surface area contributed by atoms with E-state index in [0.29, 0.717) is 12.4 Å². The first-order chi connectivity index (χ1) is 7.89. The minimum atomic E-state index is -0.0846. The summed E-state index contributed by atoms with van der Waals surface area (Å²) >= 11 is 0. The van der Waals surface area contributed by atoms with Crippen molar-refractivity contribution >= 4 is 5.82 Å². The maximum Gasteiger partial charge on any atom is 0.169 e. The summed E-state index contributed by atoms with van der Waals surface area (Å²) in [5.74, 6) is 1.42. The van der Waals surface area contributed by atoms with Crippen molar-refractivity contribution in [3.05, 3.63) is 23.9 Å². The SMILES string of the molecule is Cn1ccnc1Cn1nnc(N)c1C(C)(C)C. The Kier molecular flexibility index (Phi) is 2.65. The lowest BCUT2D eigenvalue weighted by atomic mass is 9.92. The summed E-state index contributed by atoms with van der Waals surface area (Å²) in [6.45, 7) is 6.87. The molecule has 0 unspecified atom stereocenters. The Bertz CT molecular complexity index is 516. The van der Waals surface area contributed by atoms with Gasteiger partial charge in [-0.1, -0.05) is 26.0 Å². The third kappa shape index (κ3) is 2.15. The van der Waals surface area contributed by atoms with Gasteiger partial charge in [-0.2, -0.15) is 0 Å². The first kappa shape index (κ1) is 11.6. The summed E-state index contributed by atoms with van der Waals surface area (Å²) in [7, 11) is 1.96. The molecule has 0 spiro atoms. The number of nitrogens with zero attached hydrogens (tertiary/aromatic N) is 5. The highest BCUT2D eigenvalue weighted by Gasteiger charge is 2.24. The minimum Gasteiger partial charge on any atom is -0.381 e. The van der Waals surface area contributed by atoms with Gasteiger partial charge in [-0.15, -0.1) is 5.10 Å². The van der Waals surface area contributed by atoms with Crippen molar-refractivity contribution in [1.29, 1.82) is 0 Å². The number of anilines is 1. The van der Waals surface area contributed by atoms with Gasteiger partial charge in [0, 0.05) is 24.9 Å². The Morgan fingerprint density at radius 3 is 2.59 bits per heavy atom. The molecular formula is C11H18N6. The zero-order valence-electron chi connectivity index (χ0n) is 10.7. The summed E-state index contributed by atoms with van der Waals surface area (Å²) in [5.41, 5.74) is 6.73. The highest BCUT2D eigenvalue weighted by Crippen LogP contribution is 2.26. The third-order valence-electron chi connectivity index (χ3n) is 2.68. The molecule has 2 aromatic rings. The molecule has 0 aliphatic carbocycles. The average Bonchev–Trinajstić information content (AvgIpc) is 2.74. The van der Waals surface area contributed by atoms with Gasteiger partial charge in [0.2, 0.25) is 0 Å². The number of hydrogen-bond acceptors (Lipinski definition) is 4. The van der Waals surface area contributed by atoms with E-state index in [-0.39, 0.29) is 5.41 Å². The molecule has 0 atom stereocenters. The lowest BCUT2D eigenvalue weighted by Gasteiger charge is -2.19. The van der Waals surface area contributed by atoms with Crippen molar-refractivity contribution < 1.29 is 0 Å². The van der Waals surface area contributed by atoms with E-state index in [2.05, 4.69) is 36.1 Å². The molecule has 92 valence electrons. The predicted octanol–water partition coefficient (Wildman–Crippen LogP) is 0.940. The fraction of sp³-hybridized carbons (Fsp3) is 0.545. The van der Waals surface area contributed by atoms with Crippen molar-refractivity contribution in [1.82, 2.24) is 24.5 Å². The second kappa shape index (κ2) is 3.87. The second-order valence-corrected chi connectivity index (χ2v) is 5.19. The van der Waals surface area contributed by atoms with Gasteiger partial charge in [-0.25, -0.2) is 9.67 Å². The highest BCUT2D eigenvalue weighted by atomic mass is 15.5. The van der Waals surface area contributed by atoms with E-state index in [0.717, 1.165) is 11.5 Å². The topological polar surface area (TPSA) is 74.5 Å². The van der Waals surface area contributed by atoms with Crippen molar-refractivity contribution in [3.8, 4) is 0 Å². The molecule has 6 nitrogen and oxygen atoms in total. The number of nitrogens with two attached hydrogens (primary N) is 1. The Balaban J connectivity index is 2.38. The van der Waals surface area contributed by atoms with Crippen LogP contribution in [0, 0.1) is 0 Å². The monoisotopic (exact) mass is 234 g/mol. The van der Waals surface area contributed by atoms with E-state index in [1.54, 1.807) is 6.20 Å². The van der Waals surface area contributed by atoms with Crippen LogP contribution in [-0.2, 0) is 19.0 Å². The van der Waals surface area contributed by atoms with Crippen LogP contribution in [0.5, 0.6) is 0 Å². The molecule has 0 radical (unpaired) electrons. The van der Waals surface area contributed by atoms with Crippen LogP contribution in [0.3, 0.4) is 0 Å². The van der Waals surface area contributed by atoms with Crippen LogP contribution in [0.15, 0.2) is 12.4 Å². The molecule has 2 N–H and O–H groups in total. The molecule has 2 heterocycles. The van der Waals surface area contributed by atoms with E-state index in [1.807, 2.05) is 22.5 Å². The smallest absolute Gasteiger partial charge is 0.169 e. The van der Waals surface area contributed by atoms with Crippen molar-refractivity contribution in [3.63, 3.8) is 0 Å². The number of aryl methyl sites for hydroxylation is 1. The highest BCUT2D eigenvalue weighted by molar-refractivity contribution is 5.38. The molecule has 0 bridgehead atoms. The van der Waals surface area contributed by atoms with Crippen molar-refractivity contribution in [2.24, 2.45) is 7.05 Å². The number of rotatable bonds is 2. The van der Waals surface area contributed by atoms with Gasteiger partial charge >= 0.3 is 0 Å². The summed E-state index contributed by atoms with van der Waals surface area (Å²) in [6, 6.07) is 0. The summed E-state index contributed by atoms with van der Waals surface area (Å²) in [4.78, 5) is 4.28.